The van der Waals surface area contributed by atoms with Gasteiger partial charge in [0.15, 0.2) is 0 Å². The number of nitrogens with zero attached hydrogens (tertiary/aromatic N) is 3. The van der Waals surface area contributed by atoms with Crippen molar-refractivity contribution in [3.8, 4) is 0 Å². The predicted octanol–water partition coefficient (Wildman–Crippen LogP) is 2.58. The number of carbonyl (C=O) groups is 1. The highest BCUT2D eigenvalue weighted by molar-refractivity contribution is 7.17. The highest BCUT2D eigenvalue weighted by Gasteiger charge is 2.51. The van der Waals surface area contributed by atoms with Gasteiger partial charge in [-0.15, -0.1) is 11.3 Å². The van der Waals surface area contributed by atoms with Crippen molar-refractivity contribution in [3.63, 3.8) is 0 Å². The van der Waals surface area contributed by atoms with E-state index in [4.69, 9.17) is 0 Å². The van der Waals surface area contributed by atoms with Gasteiger partial charge in [-0.1, -0.05) is 0 Å². The fourth-order valence-electron chi connectivity index (χ4n) is 7.31. The Hall–Kier alpha value is -1.77. The molecule has 32 heavy (non-hydrogen) atoms. The lowest BCUT2D eigenvalue weighted by atomic mass is 9.53. The first-order chi connectivity index (χ1) is 15.5. The Labute approximate surface area is 192 Å². The second-order valence-corrected chi connectivity index (χ2v) is 11.7. The number of thiophene rings is 1. The zero-order valence-corrected chi connectivity index (χ0v) is 19.6. The van der Waals surface area contributed by atoms with Gasteiger partial charge in [-0.2, -0.15) is 0 Å². The molecule has 5 aliphatic rings. The molecule has 4 bridgehead atoms. The molecule has 1 aliphatic heterocycles. The number of carbonyl (C=O) groups excluding carboxylic acids is 1. The predicted molar refractivity (Wildman–Crippen MR) is 126 cm³/mol. The van der Waals surface area contributed by atoms with Gasteiger partial charge >= 0.3 is 0 Å². The number of aromatic amines is 1. The summed E-state index contributed by atoms with van der Waals surface area (Å²) < 4.78 is 0.692. The van der Waals surface area contributed by atoms with E-state index in [2.05, 4.69) is 32.0 Å². The van der Waals surface area contributed by atoms with Crippen molar-refractivity contribution >= 4 is 27.5 Å². The molecular formula is C24H33N5O2S. The first-order valence-corrected chi connectivity index (χ1v) is 13.1. The first-order valence-electron chi connectivity index (χ1n) is 12.2. The van der Waals surface area contributed by atoms with Crippen molar-refractivity contribution in [2.45, 2.75) is 63.6 Å². The standard InChI is InChI=1S/C24H33N5O2S/c1-15(22(30)27-24-11-16-8-17(12-24)10-18(9-16)13-24)29-5-3-28(4-6-29)14-20-25-19-2-7-32-21(19)23(31)26-20/h2,7,15-18H,3-6,8-14H2,1H3,(H,27,30)(H,25,26,31)/t15-,16?,17?,18?,24?/m1/s1. The monoisotopic (exact) mass is 455 g/mol. The maximum atomic E-state index is 13.2. The molecule has 2 N–H and O–H groups in total. The van der Waals surface area contributed by atoms with Crippen molar-refractivity contribution in [2.75, 3.05) is 26.2 Å². The van der Waals surface area contributed by atoms with Gasteiger partial charge in [-0.3, -0.25) is 19.4 Å². The molecule has 5 fully saturated rings. The van der Waals surface area contributed by atoms with Crippen LogP contribution in [0.2, 0.25) is 0 Å². The smallest absolute Gasteiger partial charge is 0.268 e. The third-order valence-electron chi connectivity index (χ3n) is 8.50. The Morgan fingerprint density at radius 2 is 1.84 bits per heavy atom. The van der Waals surface area contributed by atoms with Crippen LogP contribution < -0.4 is 10.9 Å². The van der Waals surface area contributed by atoms with Crippen molar-refractivity contribution in [1.29, 1.82) is 0 Å². The normalized spacial score (nSPS) is 33.6. The van der Waals surface area contributed by atoms with Crippen LogP contribution in [0.15, 0.2) is 16.2 Å². The summed E-state index contributed by atoms with van der Waals surface area (Å²) in [5.41, 5.74) is 0.815. The third-order valence-corrected chi connectivity index (χ3v) is 9.40. The Bertz CT molecular complexity index is 1030. The topological polar surface area (TPSA) is 81.3 Å². The Morgan fingerprint density at radius 1 is 1.19 bits per heavy atom. The molecule has 0 unspecified atom stereocenters. The van der Waals surface area contributed by atoms with E-state index in [0.29, 0.717) is 11.2 Å². The minimum atomic E-state index is -0.0924. The van der Waals surface area contributed by atoms with E-state index >= 15 is 0 Å². The van der Waals surface area contributed by atoms with Crippen LogP contribution in [0.25, 0.3) is 10.2 Å². The maximum absolute atomic E-state index is 13.2. The summed E-state index contributed by atoms with van der Waals surface area (Å²) in [6, 6.07) is 1.81. The molecule has 2 aromatic rings. The number of H-pyrrole nitrogens is 1. The van der Waals surface area contributed by atoms with E-state index in [1.54, 1.807) is 0 Å². The summed E-state index contributed by atoms with van der Waals surface area (Å²) in [7, 11) is 0. The molecule has 2 aromatic heterocycles. The molecule has 172 valence electrons. The molecule has 7 rings (SSSR count). The van der Waals surface area contributed by atoms with E-state index in [9.17, 15) is 9.59 Å². The highest BCUT2D eigenvalue weighted by atomic mass is 32.1. The minimum absolute atomic E-state index is 0.0476. The number of nitrogens with one attached hydrogen (secondary N) is 2. The Balaban J connectivity index is 1.04. The van der Waals surface area contributed by atoms with Gasteiger partial charge in [0.05, 0.1) is 18.1 Å². The fourth-order valence-corrected chi connectivity index (χ4v) is 8.04. The van der Waals surface area contributed by atoms with E-state index < -0.39 is 0 Å². The van der Waals surface area contributed by atoms with Gasteiger partial charge in [0.25, 0.3) is 5.56 Å². The van der Waals surface area contributed by atoms with Crippen LogP contribution in [0.5, 0.6) is 0 Å². The molecule has 4 saturated carbocycles. The second-order valence-electron chi connectivity index (χ2n) is 10.8. The minimum Gasteiger partial charge on any atom is -0.349 e. The maximum Gasteiger partial charge on any atom is 0.268 e. The number of aromatic nitrogens is 2. The lowest BCUT2D eigenvalue weighted by Crippen LogP contribution is -2.63. The molecule has 0 spiro atoms. The van der Waals surface area contributed by atoms with Crippen LogP contribution in [0.4, 0.5) is 0 Å². The van der Waals surface area contributed by atoms with E-state index in [1.807, 2.05) is 11.4 Å². The molecule has 0 aromatic carbocycles. The van der Waals surface area contributed by atoms with Crippen LogP contribution in [0, 0.1) is 17.8 Å². The number of hydrogen-bond acceptors (Lipinski definition) is 6. The Kier molecular flexibility index (Phi) is 5.15. The van der Waals surface area contributed by atoms with Crippen LogP contribution in [0.3, 0.4) is 0 Å². The van der Waals surface area contributed by atoms with E-state index in [-0.39, 0.29) is 23.0 Å². The zero-order chi connectivity index (χ0) is 21.9. The van der Waals surface area contributed by atoms with Crippen LogP contribution in [0.1, 0.15) is 51.3 Å². The average molecular weight is 456 g/mol. The first kappa shape index (κ1) is 20.8. The van der Waals surface area contributed by atoms with E-state index in [0.717, 1.165) is 55.3 Å². The summed E-state index contributed by atoms with van der Waals surface area (Å²) in [6.07, 6.45) is 7.78. The fraction of sp³-hybridized carbons (Fsp3) is 0.708. The summed E-state index contributed by atoms with van der Waals surface area (Å²) in [4.78, 5) is 37.6. The average Bonchev–Trinajstić information content (AvgIpc) is 3.22. The van der Waals surface area contributed by atoms with Crippen LogP contribution in [-0.4, -0.2) is 63.4 Å². The molecule has 1 atom stereocenters. The van der Waals surface area contributed by atoms with Crippen molar-refractivity contribution in [2.24, 2.45) is 17.8 Å². The molecule has 8 heteroatoms. The van der Waals surface area contributed by atoms with Gasteiger partial charge in [0.1, 0.15) is 10.5 Å². The van der Waals surface area contributed by atoms with E-state index in [1.165, 1.54) is 49.9 Å². The molecule has 1 amide bonds. The number of hydrogen-bond donors (Lipinski definition) is 2. The lowest BCUT2D eigenvalue weighted by molar-refractivity contribution is -0.132. The third kappa shape index (κ3) is 3.80. The summed E-state index contributed by atoms with van der Waals surface area (Å²) in [6.45, 7) is 6.18. The summed E-state index contributed by atoms with van der Waals surface area (Å²) >= 11 is 1.43. The molecule has 7 nitrogen and oxygen atoms in total. The summed E-state index contributed by atoms with van der Waals surface area (Å²) in [5, 5.41) is 5.46. The number of rotatable bonds is 5. The summed E-state index contributed by atoms with van der Waals surface area (Å²) in [5.74, 6) is 3.47. The number of piperazine rings is 1. The Morgan fingerprint density at radius 3 is 2.50 bits per heavy atom. The van der Waals surface area contributed by atoms with Crippen molar-refractivity contribution in [1.82, 2.24) is 25.1 Å². The number of amides is 1. The van der Waals surface area contributed by atoms with Gasteiger partial charge < -0.3 is 10.3 Å². The largest absolute Gasteiger partial charge is 0.349 e. The van der Waals surface area contributed by atoms with Crippen LogP contribution in [-0.2, 0) is 11.3 Å². The molecule has 0 radical (unpaired) electrons. The molecule has 1 saturated heterocycles. The van der Waals surface area contributed by atoms with Crippen molar-refractivity contribution < 1.29 is 4.79 Å². The highest BCUT2D eigenvalue weighted by Crippen LogP contribution is 2.55. The SMILES string of the molecule is C[C@H](C(=O)NC12CC3CC(CC(C3)C1)C2)N1CCN(Cc2nc3ccsc3c(=O)[nH]2)CC1. The van der Waals surface area contributed by atoms with Gasteiger partial charge in [-0.25, -0.2) is 4.98 Å². The van der Waals surface area contributed by atoms with Crippen LogP contribution >= 0.6 is 11.3 Å². The zero-order valence-electron chi connectivity index (χ0n) is 18.8. The van der Waals surface area contributed by atoms with Gasteiger partial charge in [-0.05, 0) is 74.6 Å². The van der Waals surface area contributed by atoms with Gasteiger partial charge in [0.2, 0.25) is 5.91 Å². The van der Waals surface area contributed by atoms with Gasteiger partial charge in [0, 0.05) is 31.7 Å². The second kappa shape index (κ2) is 7.92. The molecule has 3 heterocycles. The quantitative estimate of drug-likeness (QED) is 0.724. The molecule has 4 aliphatic carbocycles. The van der Waals surface area contributed by atoms with Crippen molar-refractivity contribution in [3.05, 3.63) is 27.6 Å². The lowest BCUT2D eigenvalue weighted by Gasteiger charge is -2.57. The number of fused-ring (bicyclic) bond motifs is 1. The molecular weight excluding hydrogens is 422 g/mol.